The Balaban J connectivity index is 2.80. The zero-order chi connectivity index (χ0) is 10.1. The zero-order valence-electron chi connectivity index (χ0n) is 7.15. The molecule has 0 atom stereocenters. The lowest BCUT2D eigenvalue weighted by atomic mass is 10.1. The molecule has 3 N–H and O–H groups in total. The quantitative estimate of drug-likeness (QED) is 0.662. The van der Waals surface area contributed by atoms with Gasteiger partial charge in [-0.2, -0.15) is 5.10 Å². The number of aromatic nitrogens is 2. The number of aromatic amines is 1. The van der Waals surface area contributed by atoms with Crippen molar-refractivity contribution in [1.82, 2.24) is 10.2 Å². The minimum absolute atomic E-state index is 0.279. The van der Waals surface area contributed by atoms with Gasteiger partial charge in [-0.05, 0) is 18.2 Å². The van der Waals surface area contributed by atoms with Crippen LogP contribution < -0.4 is 11.3 Å². The van der Waals surface area contributed by atoms with Gasteiger partial charge in [0.2, 0.25) is 5.91 Å². The Labute approximate surface area is 78.5 Å². The molecule has 0 bridgehead atoms. The molecule has 1 aromatic carbocycles. The predicted octanol–water partition coefficient (Wildman–Crippen LogP) is 0.0220. The summed E-state index contributed by atoms with van der Waals surface area (Å²) in [5.41, 5.74) is 5.18. The van der Waals surface area contributed by atoms with Gasteiger partial charge >= 0.3 is 0 Å². The molecule has 0 saturated carbocycles. The fourth-order valence-electron chi connectivity index (χ4n) is 1.25. The molecule has 70 valence electrons. The molecule has 5 heteroatoms. The third-order valence-electron chi connectivity index (χ3n) is 1.95. The van der Waals surface area contributed by atoms with Gasteiger partial charge in [-0.3, -0.25) is 9.59 Å². The number of primary amides is 1. The molecule has 0 aliphatic carbocycles. The molecule has 0 aliphatic rings. The topological polar surface area (TPSA) is 88.8 Å². The van der Waals surface area contributed by atoms with Gasteiger partial charge < -0.3 is 5.73 Å². The van der Waals surface area contributed by atoms with Crippen molar-refractivity contribution in [3.63, 3.8) is 0 Å². The largest absolute Gasteiger partial charge is 0.366 e. The van der Waals surface area contributed by atoms with Gasteiger partial charge in [-0.1, -0.05) is 0 Å². The number of fused-ring (bicyclic) bond motifs is 1. The first-order chi connectivity index (χ1) is 6.68. The maximum absolute atomic E-state index is 11.2. The summed E-state index contributed by atoms with van der Waals surface area (Å²) in [5, 5.41) is 7.02. The monoisotopic (exact) mass is 189 g/mol. The number of nitrogens with one attached hydrogen (secondary N) is 1. The van der Waals surface area contributed by atoms with Crippen LogP contribution in [0.2, 0.25) is 0 Å². The Hall–Kier alpha value is -2.17. The van der Waals surface area contributed by atoms with Crippen LogP contribution in [0.4, 0.5) is 0 Å². The second-order valence-electron chi connectivity index (χ2n) is 2.87. The van der Waals surface area contributed by atoms with Crippen LogP contribution in [0, 0.1) is 0 Å². The lowest BCUT2D eigenvalue weighted by molar-refractivity contribution is 0.100. The van der Waals surface area contributed by atoms with Crippen molar-refractivity contribution in [2.24, 2.45) is 5.73 Å². The molecule has 0 fully saturated rings. The van der Waals surface area contributed by atoms with E-state index in [1.165, 1.54) is 12.3 Å². The van der Waals surface area contributed by atoms with Crippen LogP contribution in [-0.2, 0) is 0 Å². The number of benzene rings is 1. The number of hydrogen-bond donors (Lipinski definition) is 2. The summed E-state index contributed by atoms with van der Waals surface area (Å²) in [6.07, 6.45) is 1.48. The van der Waals surface area contributed by atoms with E-state index in [2.05, 4.69) is 10.2 Å². The van der Waals surface area contributed by atoms with Gasteiger partial charge in [0.05, 0.1) is 11.6 Å². The first kappa shape index (κ1) is 8.43. The fourth-order valence-corrected chi connectivity index (χ4v) is 1.25. The molecule has 1 heterocycles. The van der Waals surface area contributed by atoms with Crippen molar-refractivity contribution in [3.8, 4) is 0 Å². The van der Waals surface area contributed by atoms with E-state index in [0.29, 0.717) is 16.3 Å². The number of nitrogens with zero attached hydrogens (tertiary/aromatic N) is 1. The third-order valence-corrected chi connectivity index (χ3v) is 1.95. The SMILES string of the molecule is NC(=O)c1ccc2c(=O)[nH]ncc2c1. The summed E-state index contributed by atoms with van der Waals surface area (Å²) in [6, 6.07) is 4.61. The average molecular weight is 189 g/mol. The summed E-state index contributed by atoms with van der Waals surface area (Å²) < 4.78 is 0. The molecular formula is C9H7N3O2. The van der Waals surface area contributed by atoms with Crippen molar-refractivity contribution in [2.75, 3.05) is 0 Å². The summed E-state index contributed by atoms with van der Waals surface area (Å²) >= 11 is 0. The van der Waals surface area contributed by atoms with Crippen molar-refractivity contribution in [2.45, 2.75) is 0 Å². The predicted molar refractivity (Wildman–Crippen MR) is 50.9 cm³/mol. The molecule has 1 aromatic heterocycles. The summed E-state index contributed by atoms with van der Waals surface area (Å²) in [6.45, 7) is 0. The second-order valence-corrected chi connectivity index (χ2v) is 2.87. The lowest BCUT2D eigenvalue weighted by Gasteiger charge is -1.97. The molecule has 2 aromatic rings. The molecule has 0 saturated heterocycles. The molecule has 2 rings (SSSR count). The van der Waals surface area contributed by atoms with E-state index < -0.39 is 5.91 Å². The molecule has 0 spiro atoms. The minimum Gasteiger partial charge on any atom is -0.366 e. The first-order valence-electron chi connectivity index (χ1n) is 3.96. The average Bonchev–Trinajstić information content (AvgIpc) is 2.17. The van der Waals surface area contributed by atoms with Crippen molar-refractivity contribution >= 4 is 16.7 Å². The lowest BCUT2D eigenvalue weighted by Crippen LogP contribution is -2.12. The highest BCUT2D eigenvalue weighted by Gasteiger charge is 2.03. The summed E-state index contributed by atoms with van der Waals surface area (Å²) in [7, 11) is 0. The van der Waals surface area contributed by atoms with Crippen LogP contribution in [0.5, 0.6) is 0 Å². The molecule has 14 heavy (non-hydrogen) atoms. The maximum atomic E-state index is 11.2. The molecule has 0 unspecified atom stereocenters. The number of rotatable bonds is 1. The summed E-state index contributed by atoms with van der Waals surface area (Å²) in [4.78, 5) is 22.1. The zero-order valence-corrected chi connectivity index (χ0v) is 7.15. The standard InChI is InChI=1S/C9H7N3O2/c10-8(13)5-1-2-7-6(3-5)4-11-12-9(7)14/h1-4H,(H2,10,13)(H,12,14). The number of nitrogens with two attached hydrogens (primary N) is 1. The Morgan fingerprint density at radius 2 is 2.21 bits per heavy atom. The highest BCUT2D eigenvalue weighted by atomic mass is 16.1. The van der Waals surface area contributed by atoms with E-state index in [4.69, 9.17) is 5.73 Å². The number of hydrogen-bond acceptors (Lipinski definition) is 3. The molecule has 0 aliphatic heterocycles. The van der Waals surface area contributed by atoms with E-state index in [-0.39, 0.29) is 5.56 Å². The van der Waals surface area contributed by atoms with E-state index in [1.807, 2.05) is 0 Å². The second kappa shape index (κ2) is 2.95. The van der Waals surface area contributed by atoms with Crippen LogP contribution in [0.3, 0.4) is 0 Å². The molecular weight excluding hydrogens is 182 g/mol. The van der Waals surface area contributed by atoms with Crippen molar-refractivity contribution in [3.05, 3.63) is 40.3 Å². The van der Waals surface area contributed by atoms with Crippen molar-refractivity contribution in [1.29, 1.82) is 0 Å². The number of amides is 1. The fraction of sp³-hybridized carbons (Fsp3) is 0. The van der Waals surface area contributed by atoms with Gasteiger partial charge in [0.25, 0.3) is 5.56 Å². The summed E-state index contributed by atoms with van der Waals surface area (Å²) in [5.74, 6) is -0.521. The Morgan fingerprint density at radius 3 is 2.93 bits per heavy atom. The third kappa shape index (κ3) is 1.24. The molecule has 1 amide bonds. The number of carbonyl (C=O) groups is 1. The van der Waals surface area contributed by atoms with Crippen LogP contribution in [0.25, 0.3) is 10.8 Å². The van der Waals surface area contributed by atoms with E-state index in [0.717, 1.165) is 0 Å². The van der Waals surface area contributed by atoms with Crippen LogP contribution in [-0.4, -0.2) is 16.1 Å². The first-order valence-corrected chi connectivity index (χ1v) is 3.96. The highest BCUT2D eigenvalue weighted by Crippen LogP contribution is 2.09. The van der Waals surface area contributed by atoms with Gasteiger partial charge in [-0.15, -0.1) is 0 Å². The van der Waals surface area contributed by atoms with Gasteiger partial charge in [-0.25, -0.2) is 5.10 Å². The van der Waals surface area contributed by atoms with Gasteiger partial charge in [0.1, 0.15) is 0 Å². The Bertz CT molecular complexity index is 559. The van der Waals surface area contributed by atoms with Crippen LogP contribution in [0.1, 0.15) is 10.4 Å². The molecule has 0 radical (unpaired) electrons. The van der Waals surface area contributed by atoms with E-state index in [1.54, 1.807) is 12.1 Å². The van der Waals surface area contributed by atoms with Crippen LogP contribution in [0.15, 0.2) is 29.2 Å². The number of H-pyrrole nitrogens is 1. The van der Waals surface area contributed by atoms with Crippen LogP contribution >= 0.6 is 0 Å². The Morgan fingerprint density at radius 1 is 1.43 bits per heavy atom. The number of carbonyl (C=O) groups excluding carboxylic acids is 1. The Kier molecular flexibility index (Phi) is 1.78. The normalized spacial score (nSPS) is 10.3. The smallest absolute Gasteiger partial charge is 0.272 e. The van der Waals surface area contributed by atoms with E-state index >= 15 is 0 Å². The highest BCUT2D eigenvalue weighted by molar-refractivity contribution is 5.97. The van der Waals surface area contributed by atoms with Crippen molar-refractivity contribution < 1.29 is 4.79 Å². The van der Waals surface area contributed by atoms with Gasteiger partial charge in [0, 0.05) is 10.9 Å². The van der Waals surface area contributed by atoms with E-state index in [9.17, 15) is 9.59 Å². The minimum atomic E-state index is -0.521. The maximum Gasteiger partial charge on any atom is 0.272 e. The van der Waals surface area contributed by atoms with Gasteiger partial charge in [0.15, 0.2) is 0 Å². The molecule has 5 nitrogen and oxygen atoms in total.